The van der Waals surface area contributed by atoms with Crippen LogP contribution in [0.2, 0.25) is 0 Å². The smallest absolute Gasteiger partial charge is 0.274 e. The van der Waals surface area contributed by atoms with Crippen molar-refractivity contribution in [3.63, 3.8) is 0 Å². The quantitative estimate of drug-likeness (QED) is 0.600. The molecule has 0 radical (unpaired) electrons. The highest BCUT2D eigenvalue weighted by Crippen LogP contribution is 2.52. The molecule has 0 saturated carbocycles. The average molecular weight is 515 g/mol. The van der Waals surface area contributed by atoms with Gasteiger partial charge in [-0.05, 0) is 53.2 Å². The van der Waals surface area contributed by atoms with E-state index in [2.05, 4.69) is 31.2 Å². The Morgan fingerprint density at radius 1 is 1.32 bits per heavy atom. The lowest BCUT2D eigenvalue weighted by atomic mass is 9.72. The Labute approximate surface area is 189 Å². The number of halogens is 4. The second-order valence-electron chi connectivity index (χ2n) is 7.51. The molecule has 0 spiro atoms. The second kappa shape index (κ2) is 8.10. The number of nitrogens with two attached hydrogens (primary N) is 1. The Balaban J connectivity index is 1.72. The Morgan fingerprint density at radius 2 is 2.06 bits per heavy atom. The molecular formula is C20H18BrF3N4O2S. The standard InChI is InChI=1S/C20H18BrF3N4O2S/c1-10-7-19(24)9-31-18(25)28-20(19,8-30-10)12-6-11(2-3-13(12)22)26-17(29)15-5-4-14(23)16(21)27-15/h2-6,10H,7-9H2,1H3,(H2,25,28)(H,26,29)/t10-,19+,20+/m0/s1. The lowest BCUT2D eigenvalue weighted by molar-refractivity contribution is -0.107. The molecule has 11 heteroatoms. The van der Waals surface area contributed by atoms with Crippen molar-refractivity contribution < 1.29 is 22.7 Å². The van der Waals surface area contributed by atoms with Gasteiger partial charge in [0.25, 0.3) is 5.91 Å². The van der Waals surface area contributed by atoms with Gasteiger partial charge in [-0.1, -0.05) is 11.8 Å². The van der Waals surface area contributed by atoms with E-state index in [-0.39, 0.29) is 51.6 Å². The first-order valence-electron chi connectivity index (χ1n) is 9.36. The molecule has 2 aliphatic heterocycles. The van der Waals surface area contributed by atoms with E-state index in [0.29, 0.717) is 0 Å². The number of anilines is 1. The van der Waals surface area contributed by atoms with Crippen LogP contribution >= 0.6 is 27.7 Å². The number of aromatic nitrogens is 1. The number of fused-ring (bicyclic) bond motifs is 1. The number of aliphatic imine (C=N–C) groups is 1. The lowest BCUT2D eigenvalue weighted by Gasteiger charge is -2.49. The van der Waals surface area contributed by atoms with E-state index < -0.39 is 28.7 Å². The Kier molecular flexibility index (Phi) is 5.78. The van der Waals surface area contributed by atoms with Crippen molar-refractivity contribution in [1.82, 2.24) is 4.98 Å². The van der Waals surface area contributed by atoms with Crippen molar-refractivity contribution in [3.05, 3.63) is 57.8 Å². The van der Waals surface area contributed by atoms with Crippen LogP contribution in [0.3, 0.4) is 0 Å². The van der Waals surface area contributed by atoms with Gasteiger partial charge in [-0.3, -0.25) is 4.79 Å². The lowest BCUT2D eigenvalue weighted by Crippen LogP contribution is -2.60. The summed E-state index contributed by atoms with van der Waals surface area (Å²) in [6.45, 7) is 1.56. The fraction of sp³-hybridized carbons (Fsp3) is 0.350. The van der Waals surface area contributed by atoms with E-state index in [4.69, 9.17) is 10.5 Å². The summed E-state index contributed by atoms with van der Waals surface area (Å²) >= 11 is 4.01. The number of carbonyl (C=O) groups is 1. The Hall–Kier alpha value is -2.11. The first-order valence-corrected chi connectivity index (χ1v) is 11.1. The van der Waals surface area contributed by atoms with Gasteiger partial charge in [0.15, 0.2) is 16.7 Å². The molecule has 2 aromatic rings. The molecule has 1 aromatic carbocycles. The molecule has 1 fully saturated rings. The number of nitrogens with zero attached hydrogens (tertiary/aromatic N) is 2. The number of hydrogen-bond donors (Lipinski definition) is 2. The van der Waals surface area contributed by atoms with Crippen molar-refractivity contribution in [2.75, 3.05) is 17.7 Å². The van der Waals surface area contributed by atoms with Gasteiger partial charge in [-0.2, -0.15) is 0 Å². The van der Waals surface area contributed by atoms with Crippen molar-refractivity contribution in [3.8, 4) is 0 Å². The first-order chi connectivity index (χ1) is 14.6. The third-order valence-electron chi connectivity index (χ3n) is 5.38. The molecule has 3 atom stereocenters. The zero-order chi connectivity index (χ0) is 22.4. The molecule has 1 amide bonds. The molecule has 1 aromatic heterocycles. The van der Waals surface area contributed by atoms with E-state index >= 15 is 4.39 Å². The second-order valence-corrected chi connectivity index (χ2v) is 9.25. The van der Waals surface area contributed by atoms with E-state index in [1.807, 2.05) is 0 Å². The van der Waals surface area contributed by atoms with E-state index in [1.165, 1.54) is 18.2 Å². The maximum absolute atomic E-state index is 16.1. The number of amides is 1. The molecule has 0 aliphatic carbocycles. The normalized spacial score (nSPS) is 27.9. The molecule has 3 heterocycles. The van der Waals surface area contributed by atoms with Crippen LogP contribution in [0.4, 0.5) is 18.9 Å². The summed E-state index contributed by atoms with van der Waals surface area (Å²) in [5.74, 6) is -1.93. The number of nitrogens with one attached hydrogen (secondary N) is 1. The van der Waals surface area contributed by atoms with Gasteiger partial charge in [-0.25, -0.2) is 23.1 Å². The molecule has 3 N–H and O–H groups in total. The van der Waals surface area contributed by atoms with E-state index in [9.17, 15) is 13.6 Å². The fourth-order valence-electron chi connectivity index (χ4n) is 3.83. The first kappa shape index (κ1) is 22.1. The van der Waals surface area contributed by atoms with Crippen molar-refractivity contribution >= 4 is 44.5 Å². The van der Waals surface area contributed by atoms with Crippen molar-refractivity contribution in [2.45, 2.75) is 30.7 Å². The zero-order valence-electron chi connectivity index (χ0n) is 16.3. The molecule has 2 aliphatic rings. The largest absolute Gasteiger partial charge is 0.379 e. The van der Waals surface area contributed by atoms with Gasteiger partial charge in [0.1, 0.15) is 21.7 Å². The summed E-state index contributed by atoms with van der Waals surface area (Å²) in [6, 6.07) is 6.09. The van der Waals surface area contributed by atoms with Crippen molar-refractivity contribution in [1.29, 1.82) is 0 Å². The van der Waals surface area contributed by atoms with Gasteiger partial charge >= 0.3 is 0 Å². The molecule has 6 nitrogen and oxygen atoms in total. The maximum Gasteiger partial charge on any atom is 0.274 e. The molecule has 164 valence electrons. The predicted octanol–water partition coefficient (Wildman–Crippen LogP) is 4.15. The number of pyridine rings is 1. The van der Waals surface area contributed by atoms with Gasteiger partial charge < -0.3 is 15.8 Å². The number of amidine groups is 1. The topological polar surface area (TPSA) is 89.6 Å². The minimum Gasteiger partial charge on any atom is -0.379 e. The highest BCUT2D eigenvalue weighted by molar-refractivity contribution is 9.10. The Morgan fingerprint density at radius 3 is 2.81 bits per heavy atom. The summed E-state index contributed by atoms with van der Waals surface area (Å²) in [4.78, 5) is 20.7. The summed E-state index contributed by atoms with van der Waals surface area (Å²) in [6.07, 6.45) is -0.331. The molecule has 0 unspecified atom stereocenters. The molecular weight excluding hydrogens is 497 g/mol. The third kappa shape index (κ3) is 3.94. The van der Waals surface area contributed by atoms with Crippen LogP contribution in [0.15, 0.2) is 39.9 Å². The number of hydrogen-bond acceptors (Lipinski definition) is 6. The number of rotatable bonds is 3. The van der Waals surface area contributed by atoms with Crippen LogP contribution < -0.4 is 11.1 Å². The van der Waals surface area contributed by atoms with E-state index in [0.717, 1.165) is 23.9 Å². The molecule has 1 saturated heterocycles. The summed E-state index contributed by atoms with van der Waals surface area (Å²) < 4.78 is 50.0. The molecule has 0 bridgehead atoms. The van der Waals surface area contributed by atoms with Crippen LogP contribution in [-0.4, -0.2) is 40.2 Å². The van der Waals surface area contributed by atoms with Crippen molar-refractivity contribution in [2.24, 2.45) is 10.7 Å². The Bertz CT molecular complexity index is 1090. The van der Waals surface area contributed by atoms with Gasteiger partial charge in [0, 0.05) is 23.4 Å². The maximum atomic E-state index is 16.1. The predicted molar refractivity (Wildman–Crippen MR) is 116 cm³/mol. The highest BCUT2D eigenvalue weighted by atomic mass is 79.9. The van der Waals surface area contributed by atoms with Crippen LogP contribution in [0, 0.1) is 11.6 Å². The fourth-order valence-corrected chi connectivity index (χ4v) is 5.11. The monoisotopic (exact) mass is 514 g/mol. The summed E-state index contributed by atoms with van der Waals surface area (Å²) in [5, 5.41) is 2.72. The van der Waals surface area contributed by atoms with Crippen LogP contribution in [0.1, 0.15) is 29.4 Å². The molecule has 31 heavy (non-hydrogen) atoms. The van der Waals surface area contributed by atoms with Crippen LogP contribution in [0.25, 0.3) is 0 Å². The van der Waals surface area contributed by atoms with Crippen LogP contribution in [0.5, 0.6) is 0 Å². The summed E-state index contributed by atoms with van der Waals surface area (Å²) in [7, 11) is 0. The van der Waals surface area contributed by atoms with E-state index in [1.54, 1.807) is 6.92 Å². The third-order valence-corrected chi connectivity index (χ3v) is 6.93. The zero-order valence-corrected chi connectivity index (χ0v) is 18.7. The van der Waals surface area contributed by atoms with Gasteiger partial charge in [0.2, 0.25) is 0 Å². The van der Waals surface area contributed by atoms with Gasteiger partial charge in [-0.15, -0.1) is 0 Å². The van der Waals surface area contributed by atoms with Gasteiger partial charge in [0.05, 0.1) is 12.7 Å². The molecule has 4 rings (SSSR count). The highest BCUT2D eigenvalue weighted by Gasteiger charge is 2.60. The average Bonchev–Trinajstić information content (AvgIpc) is 2.72. The minimum absolute atomic E-state index is 0.0135. The minimum atomic E-state index is -1.88. The number of benzene rings is 1. The SMILES string of the molecule is C[C@H]1C[C@@]2(F)CSC(N)=N[C@@]2(c2cc(NC(=O)c3ccc(F)c(Br)n3)ccc2F)CO1. The number of thioether (sulfide) groups is 1. The van der Waals surface area contributed by atoms with Crippen LogP contribution in [-0.2, 0) is 10.3 Å². The summed E-state index contributed by atoms with van der Waals surface area (Å²) in [5.41, 5.74) is 2.42. The number of alkyl halides is 1. The number of carbonyl (C=O) groups excluding carboxylic acids is 1. The number of ether oxygens (including phenoxy) is 1.